The number of carbonyl (C=O) groups excluding carboxylic acids is 1. The fraction of sp³-hybridized carbons (Fsp3) is 0.850. The molecule has 0 fully saturated rings. The number of Topliss-reactive ketones (excluding diaryl/α,β-unsaturated/α-hetero) is 1. The summed E-state index contributed by atoms with van der Waals surface area (Å²) in [6, 6.07) is 0. The largest absolute Gasteiger partial charge is 0.376 e. The number of hydrogen-bond donors (Lipinski definition) is 2. The number of carbonyl (C=O) groups is 1. The predicted molar refractivity (Wildman–Crippen MR) is 121 cm³/mol. The van der Waals surface area contributed by atoms with Gasteiger partial charge in [0.15, 0.2) is 0 Å². The minimum atomic E-state index is 0.263. The number of nitrogens with one attached hydrogen (secondary N) is 2. The second kappa shape index (κ2) is 22.2. The van der Waals surface area contributed by atoms with Crippen LogP contribution in [0.3, 0.4) is 0 Å². The van der Waals surface area contributed by atoms with Crippen LogP contribution < -0.4 is 10.6 Å². The summed E-state index contributed by atoms with van der Waals surface area (Å²) in [6.07, 6.45) is 7.82. The molecule has 0 heterocycles. The summed E-state index contributed by atoms with van der Waals surface area (Å²) < 4.78 is 11.0. The van der Waals surface area contributed by atoms with Gasteiger partial charge in [0, 0.05) is 31.9 Å². The number of hydrogen-bond acceptors (Lipinski definition) is 7. The van der Waals surface area contributed by atoms with Crippen molar-refractivity contribution in [1.29, 1.82) is 0 Å². The van der Waals surface area contributed by atoms with Crippen molar-refractivity contribution in [2.45, 2.75) is 46.5 Å². The molecule has 0 saturated heterocycles. The van der Waals surface area contributed by atoms with E-state index in [9.17, 15) is 4.79 Å². The van der Waals surface area contributed by atoms with Crippen LogP contribution in [0.25, 0.3) is 0 Å². The molecule has 0 unspecified atom stereocenters. The van der Waals surface area contributed by atoms with Crippen LogP contribution in [0.15, 0.2) is 12.2 Å². The highest BCUT2D eigenvalue weighted by Crippen LogP contribution is 2.20. The molecule has 0 radical (unpaired) electrons. The van der Waals surface area contributed by atoms with Gasteiger partial charge in [-0.1, -0.05) is 54.5 Å². The molecule has 0 aromatic carbocycles. The Labute approximate surface area is 174 Å². The highest BCUT2D eigenvalue weighted by atomic mass is 33.1. The zero-order valence-corrected chi connectivity index (χ0v) is 19.1. The normalized spacial score (nSPS) is 11.7. The molecular weight excluding hydrogens is 380 g/mol. The third-order valence-electron chi connectivity index (χ3n) is 3.48. The van der Waals surface area contributed by atoms with Crippen molar-refractivity contribution in [3.63, 3.8) is 0 Å². The summed E-state index contributed by atoms with van der Waals surface area (Å²) >= 11 is 0. The predicted octanol–water partition coefficient (Wildman–Crippen LogP) is 3.90. The maximum atomic E-state index is 11.8. The minimum absolute atomic E-state index is 0.263. The first kappa shape index (κ1) is 27.0. The van der Waals surface area contributed by atoms with Crippen LogP contribution in [0.4, 0.5) is 0 Å². The molecule has 0 aliphatic heterocycles. The zero-order chi connectivity index (χ0) is 20.0. The Morgan fingerprint density at radius 2 is 1.89 bits per heavy atom. The van der Waals surface area contributed by atoms with Gasteiger partial charge in [-0.3, -0.25) is 4.79 Å². The number of ether oxygens (including phenoxy) is 2. The molecule has 0 atom stereocenters. The minimum Gasteiger partial charge on any atom is -0.376 e. The Bertz CT molecular complexity index is 356. The second-order valence-corrected chi connectivity index (χ2v) is 9.17. The summed E-state index contributed by atoms with van der Waals surface area (Å²) in [6.45, 7) is 11.8. The van der Waals surface area contributed by atoms with Crippen LogP contribution in [-0.2, 0) is 14.3 Å². The van der Waals surface area contributed by atoms with E-state index in [0.717, 1.165) is 44.2 Å². The van der Waals surface area contributed by atoms with Gasteiger partial charge in [0.1, 0.15) is 11.7 Å². The number of unbranched alkanes of at least 4 members (excludes halogenated alkanes) is 1. The first-order chi connectivity index (χ1) is 13.2. The summed E-state index contributed by atoms with van der Waals surface area (Å²) in [5.74, 6) is 2.65. The molecule has 2 N–H and O–H groups in total. The van der Waals surface area contributed by atoms with Crippen molar-refractivity contribution in [2.75, 3.05) is 57.7 Å². The van der Waals surface area contributed by atoms with Crippen molar-refractivity contribution in [3.8, 4) is 0 Å². The van der Waals surface area contributed by atoms with Gasteiger partial charge in [0.2, 0.25) is 0 Å². The molecule has 0 aromatic rings. The molecule has 0 amide bonds. The van der Waals surface area contributed by atoms with E-state index in [1.807, 2.05) is 16.9 Å². The van der Waals surface area contributed by atoms with Crippen LogP contribution in [-0.4, -0.2) is 63.5 Å². The molecule has 0 aliphatic carbocycles. The Balaban J connectivity index is 3.19. The number of ketones is 1. The number of allylic oxidation sites excluding steroid dienone is 1. The van der Waals surface area contributed by atoms with E-state index in [2.05, 4.69) is 37.5 Å². The monoisotopic (exact) mass is 420 g/mol. The van der Waals surface area contributed by atoms with E-state index in [0.29, 0.717) is 38.6 Å². The van der Waals surface area contributed by atoms with E-state index >= 15 is 0 Å². The quantitative estimate of drug-likeness (QED) is 0.126. The van der Waals surface area contributed by atoms with E-state index in [4.69, 9.17) is 9.47 Å². The fourth-order valence-electron chi connectivity index (χ4n) is 2.07. The molecule has 27 heavy (non-hydrogen) atoms. The van der Waals surface area contributed by atoms with Crippen LogP contribution in [0.5, 0.6) is 0 Å². The summed E-state index contributed by atoms with van der Waals surface area (Å²) in [7, 11) is 3.60. The smallest absolute Gasteiger partial charge is 0.146 e. The molecule has 0 aliphatic rings. The summed E-state index contributed by atoms with van der Waals surface area (Å²) in [5, 5.41) is 6.51. The molecular formula is C20H40N2O3S2. The van der Waals surface area contributed by atoms with Gasteiger partial charge in [-0.25, -0.2) is 0 Å². The summed E-state index contributed by atoms with van der Waals surface area (Å²) in [5.41, 5.74) is 0. The number of rotatable bonds is 21. The van der Waals surface area contributed by atoms with Crippen molar-refractivity contribution >= 4 is 27.4 Å². The van der Waals surface area contributed by atoms with E-state index in [1.54, 1.807) is 10.8 Å². The average molecular weight is 421 g/mol. The lowest BCUT2D eigenvalue weighted by Gasteiger charge is -2.06. The van der Waals surface area contributed by atoms with Gasteiger partial charge in [-0.2, -0.15) is 0 Å². The lowest BCUT2D eigenvalue weighted by molar-refractivity contribution is -0.118. The second-order valence-electron chi connectivity index (χ2n) is 6.64. The van der Waals surface area contributed by atoms with Crippen LogP contribution in [0, 0.1) is 5.92 Å². The molecule has 160 valence electrons. The van der Waals surface area contributed by atoms with Gasteiger partial charge in [-0.05, 0) is 31.7 Å². The van der Waals surface area contributed by atoms with Gasteiger partial charge >= 0.3 is 0 Å². The maximum absolute atomic E-state index is 11.8. The molecule has 0 spiro atoms. The van der Waals surface area contributed by atoms with Crippen molar-refractivity contribution < 1.29 is 14.3 Å². The third kappa shape index (κ3) is 23.9. The first-order valence-electron chi connectivity index (χ1n) is 10.2. The Kier molecular flexibility index (Phi) is 22.2. The molecule has 0 bridgehead atoms. The molecule has 5 nitrogen and oxygen atoms in total. The first-order valence-corrected chi connectivity index (χ1v) is 12.6. The third-order valence-corrected chi connectivity index (χ3v) is 5.57. The lowest BCUT2D eigenvalue weighted by atomic mass is 10.2. The Morgan fingerprint density at radius 1 is 1.04 bits per heavy atom. The fourth-order valence-corrected chi connectivity index (χ4v) is 3.68. The van der Waals surface area contributed by atoms with Crippen molar-refractivity contribution in [1.82, 2.24) is 10.6 Å². The highest BCUT2D eigenvalue weighted by molar-refractivity contribution is 8.76. The molecule has 0 rings (SSSR count). The van der Waals surface area contributed by atoms with E-state index < -0.39 is 0 Å². The van der Waals surface area contributed by atoms with Gasteiger partial charge in [0.05, 0.1) is 19.8 Å². The van der Waals surface area contributed by atoms with Crippen molar-refractivity contribution in [3.05, 3.63) is 12.2 Å². The SMILES string of the molecule is CCCNCCSSCOCCCCC(=O)CNCCOC/C=C/C(C)C. The van der Waals surface area contributed by atoms with Gasteiger partial charge < -0.3 is 20.1 Å². The maximum Gasteiger partial charge on any atom is 0.146 e. The van der Waals surface area contributed by atoms with Crippen LogP contribution in [0.1, 0.15) is 46.5 Å². The molecule has 0 saturated carbocycles. The molecule has 7 heteroatoms. The van der Waals surface area contributed by atoms with E-state index in [1.165, 1.54) is 6.42 Å². The lowest BCUT2D eigenvalue weighted by Crippen LogP contribution is -2.26. The van der Waals surface area contributed by atoms with Crippen LogP contribution >= 0.6 is 21.6 Å². The average Bonchev–Trinajstić information content (AvgIpc) is 2.64. The van der Waals surface area contributed by atoms with Gasteiger partial charge in [-0.15, -0.1) is 0 Å². The zero-order valence-electron chi connectivity index (χ0n) is 17.5. The topological polar surface area (TPSA) is 59.6 Å². The van der Waals surface area contributed by atoms with Crippen molar-refractivity contribution in [2.24, 2.45) is 5.92 Å². The standard InChI is InChI=1S/C20H40N2O3S2/c1-4-10-21-12-16-26-27-18-25-13-6-5-9-20(23)17-22-11-15-24-14-7-8-19(2)3/h7-8,19,21-22H,4-6,9-18H2,1-3H3/b8-7+. The Morgan fingerprint density at radius 3 is 2.67 bits per heavy atom. The highest BCUT2D eigenvalue weighted by Gasteiger charge is 2.01. The van der Waals surface area contributed by atoms with Gasteiger partial charge in [0.25, 0.3) is 0 Å². The molecule has 0 aromatic heterocycles. The van der Waals surface area contributed by atoms with Crippen LogP contribution in [0.2, 0.25) is 0 Å². The summed E-state index contributed by atoms with van der Waals surface area (Å²) in [4.78, 5) is 11.8. The van der Waals surface area contributed by atoms with E-state index in [-0.39, 0.29) is 5.78 Å². The Hall–Kier alpha value is -0.0500.